The fourth-order valence-corrected chi connectivity index (χ4v) is 2.62. The average molecular weight is 298 g/mol. The predicted molar refractivity (Wildman–Crippen MR) is 79.7 cm³/mol. The van der Waals surface area contributed by atoms with Crippen LogP contribution in [0, 0.1) is 6.92 Å². The molecule has 0 spiro atoms. The van der Waals surface area contributed by atoms with Gasteiger partial charge in [0.25, 0.3) is 0 Å². The fraction of sp³-hybridized carbons (Fsp3) is 0.357. The lowest BCUT2D eigenvalue weighted by atomic mass is 9.99. The molecule has 0 bridgehead atoms. The topological polar surface area (TPSA) is 43.8 Å². The van der Waals surface area contributed by atoms with Gasteiger partial charge in [-0.1, -0.05) is 42.3 Å². The molecule has 0 amide bonds. The lowest BCUT2D eigenvalue weighted by Gasteiger charge is -2.17. The Kier molecular flexibility index (Phi) is 4.50. The summed E-state index contributed by atoms with van der Waals surface area (Å²) in [5, 5.41) is 5.59. The molecule has 1 aromatic heterocycles. The third kappa shape index (κ3) is 2.78. The van der Waals surface area contributed by atoms with E-state index in [-0.39, 0.29) is 6.04 Å². The number of nitrogens with zero attached hydrogens (tertiary/aromatic N) is 2. The first-order chi connectivity index (χ1) is 9.06. The lowest BCUT2D eigenvalue weighted by molar-refractivity contribution is 0.559. The van der Waals surface area contributed by atoms with Crippen LogP contribution in [-0.4, -0.2) is 9.78 Å². The quantitative estimate of drug-likeness (QED) is 0.928. The highest BCUT2D eigenvalue weighted by atomic mass is 35.5. The summed E-state index contributed by atoms with van der Waals surface area (Å²) >= 11 is 12.4. The SMILES string of the molecule is CCCn1ncc(Cl)c1C(N)c1cccc(Cl)c1C. The van der Waals surface area contributed by atoms with E-state index in [9.17, 15) is 0 Å². The molecule has 2 N–H and O–H groups in total. The van der Waals surface area contributed by atoms with E-state index in [1.807, 2.05) is 29.8 Å². The minimum absolute atomic E-state index is 0.319. The molecule has 0 saturated heterocycles. The number of benzene rings is 1. The van der Waals surface area contributed by atoms with Crippen molar-refractivity contribution in [1.29, 1.82) is 0 Å². The standard InChI is InChI=1S/C14H17Cl2N3/c1-3-7-19-14(12(16)8-18-19)13(17)10-5-4-6-11(15)9(10)2/h4-6,8,13H,3,7,17H2,1-2H3. The summed E-state index contributed by atoms with van der Waals surface area (Å²) in [5.74, 6) is 0. The van der Waals surface area contributed by atoms with Crippen LogP contribution in [0.4, 0.5) is 0 Å². The van der Waals surface area contributed by atoms with E-state index in [1.165, 1.54) is 0 Å². The van der Waals surface area contributed by atoms with E-state index in [1.54, 1.807) is 6.20 Å². The maximum atomic E-state index is 6.36. The summed E-state index contributed by atoms with van der Waals surface area (Å²) in [5.41, 5.74) is 9.16. The molecular weight excluding hydrogens is 281 g/mol. The van der Waals surface area contributed by atoms with Crippen LogP contribution in [0.25, 0.3) is 0 Å². The van der Waals surface area contributed by atoms with Gasteiger partial charge < -0.3 is 5.73 Å². The van der Waals surface area contributed by atoms with Gasteiger partial charge in [-0.2, -0.15) is 5.10 Å². The third-order valence-electron chi connectivity index (χ3n) is 3.21. The zero-order valence-electron chi connectivity index (χ0n) is 11.0. The van der Waals surface area contributed by atoms with Crippen molar-refractivity contribution >= 4 is 23.2 Å². The van der Waals surface area contributed by atoms with E-state index in [4.69, 9.17) is 28.9 Å². The van der Waals surface area contributed by atoms with Crippen LogP contribution in [0.5, 0.6) is 0 Å². The number of rotatable bonds is 4. The number of halogens is 2. The number of nitrogens with two attached hydrogens (primary N) is 1. The molecule has 1 heterocycles. The fourth-order valence-electron chi connectivity index (χ4n) is 2.18. The highest BCUT2D eigenvalue weighted by molar-refractivity contribution is 6.31. The van der Waals surface area contributed by atoms with E-state index >= 15 is 0 Å². The molecule has 0 radical (unpaired) electrons. The second-order valence-corrected chi connectivity index (χ2v) is 5.35. The van der Waals surface area contributed by atoms with E-state index in [2.05, 4.69) is 12.0 Å². The molecule has 2 aromatic rings. The van der Waals surface area contributed by atoms with Gasteiger partial charge in [0.05, 0.1) is 23.0 Å². The smallest absolute Gasteiger partial charge is 0.0837 e. The number of aryl methyl sites for hydroxylation is 1. The van der Waals surface area contributed by atoms with E-state index in [0.29, 0.717) is 10.0 Å². The highest BCUT2D eigenvalue weighted by Gasteiger charge is 2.20. The number of hydrogen-bond acceptors (Lipinski definition) is 2. The van der Waals surface area contributed by atoms with Crippen molar-refractivity contribution in [2.75, 3.05) is 0 Å². The summed E-state index contributed by atoms with van der Waals surface area (Å²) in [7, 11) is 0. The Morgan fingerprint density at radius 1 is 1.32 bits per heavy atom. The van der Waals surface area contributed by atoms with Gasteiger partial charge in [0.2, 0.25) is 0 Å². The summed E-state index contributed by atoms with van der Waals surface area (Å²) < 4.78 is 1.87. The zero-order valence-corrected chi connectivity index (χ0v) is 12.5. The van der Waals surface area contributed by atoms with Gasteiger partial charge in [-0.15, -0.1) is 0 Å². The first-order valence-corrected chi connectivity index (χ1v) is 7.03. The molecule has 0 aliphatic carbocycles. The first kappa shape index (κ1) is 14.4. The van der Waals surface area contributed by atoms with Crippen molar-refractivity contribution in [3.8, 4) is 0 Å². The van der Waals surface area contributed by atoms with Crippen molar-refractivity contribution in [3.05, 3.63) is 51.3 Å². The summed E-state index contributed by atoms with van der Waals surface area (Å²) in [6.45, 7) is 4.86. The summed E-state index contributed by atoms with van der Waals surface area (Å²) in [6.07, 6.45) is 2.62. The van der Waals surface area contributed by atoms with Gasteiger partial charge in [0.1, 0.15) is 0 Å². The molecule has 19 heavy (non-hydrogen) atoms. The first-order valence-electron chi connectivity index (χ1n) is 6.28. The molecule has 0 aliphatic rings. The van der Waals surface area contributed by atoms with Gasteiger partial charge in [0.15, 0.2) is 0 Å². The van der Waals surface area contributed by atoms with Crippen LogP contribution in [0.3, 0.4) is 0 Å². The van der Waals surface area contributed by atoms with Gasteiger partial charge in [-0.25, -0.2) is 0 Å². The molecule has 102 valence electrons. The molecule has 0 fully saturated rings. The Morgan fingerprint density at radius 2 is 2.05 bits per heavy atom. The van der Waals surface area contributed by atoms with Crippen molar-refractivity contribution < 1.29 is 0 Å². The average Bonchev–Trinajstić information content (AvgIpc) is 2.74. The van der Waals surface area contributed by atoms with Crippen molar-refractivity contribution in [3.63, 3.8) is 0 Å². The van der Waals surface area contributed by atoms with Crippen molar-refractivity contribution in [2.45, 2.75) is 32.9 Å². The van der Waals surface area contributed by atoms with Crippen LogP contribution in [0.2, 0.25) is 10.0 Å². The minimum Gasteiger partial charge on any atom is -0.319 e. The molecule has 5 heteroatoms. The predicted octanol–water partition coefficient (Wildman–Crippen LogP) is 3.96. The van der Waals surface area contributed by atoms with Gasteiger partial charge in [-0.3, -0.25) is 4.68 Å². The van der Waals surface area contributed by atoms with E-state index < -0.39 is 0 Å². The van der Waals surface area contributed by atoms with Crippen molar-refractivity contribution in [2.24, 2.45) is 5.73 Å². The Bertz CT molecular complexity index is 578. The number of aromatic nitrogens is 2. The second kappa shape index (κ2) is 5.95. The molecular formula is C14H17Cl2N3. The number of hydrogen-bond donors (Lipinski definition) is 1. The molecule has 2 rings (SSSR count). The van der Waals surface area contributed by atoms with Crippen LogP contribution in [-0.2, 0) is 6.54 Å². The molecule has 0 aliphatic heterocycles. The second-order valence-electron chi connectivity index (χ2n) is 4.53. The highest BCUT2D eigenvalue weighted by Crippen LogP contribution is 2.30. The van der Waals surface area contributed by atoms with Crippen LogP contribution >= 0.6 is 23.2 Å². The van der Waals surface area contributed by atoms with Crippen LogP contribution < -0.4 is 5.73 Å². The Morgan fingerprint density at radius 3 is 2.74 bits per heavy atom. The maximum absolute atomic E-state index is 6.36. The van der Waals surface area contributed by atoms with Gasteiger partial charge >= 0.3 is 0 Å². The monoisotopic (exact) mass is 297 g/mol. The third-order valence-corrected chi connectivity index (χ3v) is 3.91. The lowest BCUT2D eigenvalue weighted by Crippen LogP contribution is -2.19. The van der Waals surface area contributed by atoms with Crippen molar-refractivity contribution in [1.82, 2.24) is 9.78 Å². The van der Waals surface area contributed by atoms with Crippen LogP contribution in [0.15, 0.2) is 24.4 Å². The maximum Gasteiger partial charge on any atom is 0.0837 e. The molecule has 3 nitrogen and oxygen atoms in total. The van der Waals surface area contributed by atoms with Crippen LogP contribution in [0.1, 0.15) is 36.2 Å². The van der Waals surface area contributed by atoms with Gasteiger partial charge in [-0.05, 0) is 30.5 Å². The molecule has 0 saturated carbocycles. The Hall–Kier alpha value is -1.03. The summed E-state index contributed by atoms with van der Waals surface area (Å²) in [4.78, 5) is 0. The Labute approximate surface area is 123 Å². The molecule has 1 unspecified atom stereocenters. The van der Waals surface area contributed by atoms with Gasteiger partial charge in [0, 0.05) is 11.6 Å². The normalized spacial score (nSPS) is 12.7. The Balaban J connectivity index is 2.46. The summed E-state index contributed by atoms with van der Waals surface area (Å²) in [6, 6.07) is 5.42. The zero-order chi connectivity index (χ0) is 14.0. The molecule has 1 atom stereocenters. The minimum atomic E-state index is -0.319. The largest absolute Gasteiger partial charge is 0.319 e. The van der Waals surface area contributed by atoms with E-state index in [0.717, 1.165) is 29.8 Å². The molecule has 1 aromatic carbocycles.